The van der Waals surface area contributed by atoms with Gasteiger partial charge in [0.1, 0.15) is 0 Å². The van der Waals surface area contributed by atoms with E-state index in [0.29, 0.717) is 24.1 Å². The summed E-state index contributed by atoms with van der Waals surface area (Å²) in [5.74, 6) is -0.366. The van der Waals surface area contributed by atoms with Crippen LogP contribution in [0.2, 0.25) is 0 Å². The fraction of sp³-hybridized carbons (Fsp3) is 0.462. The van der Waals surface area contributed by atoms with Crippen molar-refractivity contribution in [2.75, 3.05) is 18.4 Å². The van der Waals surface area contributed by atoms with Crippen molar-refractivity contribution < 1.29 is 18.3 Å². The van der Waals surface area contributed by atoms with Gasteiger partial charge < -0.3 is 9.64 Å². The largest absolute Gasteiger partial charge is 0.372 e. The molecule has 104 valence electrons. The molecule has 2 rings (SSSR count). The zero-order valence-corrected chi connectivity index (χ0v) is 11.8. The smallest absolute Gasteiger partial charge is 0.255 e. The highest BCUT2D eigenvalue weighted by atomic mass is 79.9. The van der Waals surface area contributed by atoms with Gasteiger partial charge >= 0.3 is 0 Å². The molecule has 0 bridgehead atoms. The number of nitrogens with zero attached hydrogens (tertiary/aromatic N) is 1. The number of fused-ring (bicyclic) bond motifs is 1. The van der Waals surface area contributed by atoms with Crippen molar-refractivity contribution in [3.8, 4) is 0 Å². The summed E-state index contributed by atoms with van der Waals surface area (Å²) in [5.41, 5.74) is 2.45. The van der Waals surface area contributed by atoms with E-state index in [1.165, 1.54) is 0 Å². The number of hydrogen-bond donors (Lipinski definition) is 0. The van der Waals surface area contributed by atoms with E-state index in [-0.39, 0.29) is 12.5 Å². The summed E-state index contributed by atoms with van der Waals surface area (Å²) in [4.78, 5) is 13.4. The van der Waals surface area contributed by atoms with Crippen LogP contribution in [0.15, 0.2) is 18.2 Å². The van der Waals surface area contributed by atoms with Crippen LogP contribution in [0.1, 0.15) is 21.5 Å². The van der Waals surface area contributed by atoms with Gasteiger partial charge in [-0.1, -0.05) is 22.0 Å². The third-order valence-corrected chi connectivity index (χ3v) is 3.32. The molecule has 6 heteroatoms. The van der Waals surface area contributed by atoms with E-state index < -0.39 is 13.0 Å². The maximum absolute atomic E-state index is 12.5. The Morgan fingerprint density at radius 3 is 2.79 bits per heavy atom. The lowest BCUT2D eigenvalue weighted by Gasteiger charge is -2.21. The van der Waals surface area contributed by atoms with Gasteiger partial charge in [-0.15, -0.1) is 0 Å². The average molecular weight is 334 g/mol. The number of ether oxygens (including phenoxy) is 1. The van der Waals surface area contributed by atoms with Gasteiger partial charge in [-0.3, -0.25) is 4.79 Å². The maximum Gasteiger partial charge on any atom is 0.255 e. The fourth-order valence-electron chi connectivity index (χ4n) is 2.03. The summed E-state index contributed by atoms with van der Waals surface area (Å²) in [5, 5.41) is 0.472. The van der Waals surface area contributed by atoms with Gasteiger partial charge in [0.25, 0.3) is 12.3 Å². The number of alkyl halides is 3. The highest BCUT2D eigenvalue weighted by molar-refractivity contribution is 9.09. The van der Waals surface area contributed by atoms with Gasteiger partial charge in [0, 0.05) is 17.4 Å². The number of carbonyl (C=O) groups excluding carboxylic acids is 1. The molecule has 1 aromatic carbocycles. The Balaban J connectivity index is 2.16. The van der Waals surface area contributed by atoms with Crippen LogP contribution in [-0.4, -0.2) is 35.7 Å². The number of amides is 1. The first-order valence-electron chi connectivity index (χ1n) is 5.94. The topological polar surface area (TPSA) is 29.5 Å². The summed E-state index contributed by atoms with van der Waals surface area (Å²) in [7, 11) is 0. The third kappa shape index (κ3) is 3.51. The van der Waals surface area contributed by atoms with Gasteiger partial charge in [-0.2, -0.15) is 0 Å². The summed E-state index contributed by atoms with van der Waals surface area (Å²) in [6, 6.07) is 5.23. The summed E-state index contributed by atoms with van der Waals surface area (Å²) < 4.78 is 30.2. The molecule has 1 aliphatic rings. The van der Waals surface area contributed by atoms with Crippen LogP contribution in [0.5, 0.6) is 0 Å². The highest BCUT2D eigenvalue weighted by Gasteiger charge is 2.21. The summed E-state index contributed by atoms with van der Waals surface area (Å²) >= 11 is 3.17. The minimum atomic E-state index is -2.53. The molecule has 0 aliphatic carbocycles. The van der Waals surface area contributed by atoms with E-state index in [9.17, 15) is 13.6 Å². The quantitative estimate of drug-likeness (QED) is 0.775. The van der Waals surface area contributed by atoms with Crippen LogP contribution < -0.4 is 0 Å². The zero-order chi connectivity index (χ0) is 13.8. The second kappa shape index (κ2) is 6.43. The Bertz CT molecular complexity index is 468. The van der Waals surface area contributed by atoms with Crippen molar-refractivity contribution in [3.63, 3.8) is 0 Å². The Kier molecular flexibility index (Phi) is 4.87. The molecule has 0 saturated carbocycles. The van der Waals surface area contributed by atoms with Crippen molar-refractivity contribution in [1.82, 2.24) is 4.90 Å². The molecule has 0 saturated heterocycles. The number of rotatable bonds is 5. The fourth-order valence-corrected chi connectivity index (χ4v) is 2.46. The van der Waals surface area contributed by atoms with E-state index >= 15 is 0 Å². The van der Waals surface area contributed by atoms with Crippen molar-refractivity contribution in [1.29, 1.82) is 0 Å². The lowest BCUT2D eigenvalue weighted by atomic mass is 10.1. The molecule has 1 heterocycles. The SMILES string of the molecule is O=C(c1ccc2c(c1)COC2)N(CCBr)CC(F)F. The molecule has 0 N–H and O–H groups in total. The van der Waals surface area contributed by atoms with E-state index in [2.05, 4.69) is 15.9 Å². The molecule has 0 atom stereocenters. The standard InChI is InChI=1S/C13H14BrF2NO2/c14-3-4-17(6-12(15)16)13(18)9-1-2-10-7-19-8-11(10)5-9/h1-2,5,12H,3-4,6-8H2. The van der Waals surface area contributed by atoms with E-state index in [0.717, 1.165) is 16.0 Å². The maximum atomic E-state index is 12.5. The van der Waals surface area contributed by atoms with Crippen molar-refractivity contribution in [3.05, 3.63) is 34.9 Å². The molecule has 3 nitrogen and oxygen atoms in total. The molecule has 0 radical (unpaired) electrons. The third-order valence-electron chi connectivity index (χ3n) is 2.97. The van der Waals surface area contributed by atoms with E-state index in [4.69, 9.17) is 4.74 Å². The van der Waals surface area contributed by atoms with Crippen LogP contribution in [0, 0.1) is 0 Å². The molecule has 0 spiro atoms. The molecular formula is C13H14BrF2NO2. The predicted molar refractivity (Wildman–Crippen MR) is 70.6 cm³/mol. The molecule has 1 aromatic rings. The number of benzene rings is 1. The second-order valence-electron chi connectivity index (χ2n) is 4.31. The molecule has 1 aliphatic heterocycles. The Hall–Kier alpha value is -1.01. The summed E-state index contributed by atoms with van der Waals surface area (Å²) in [6.45, 7) is 0.741. The monoisotopic (exact) mass is 333 g/mol. The van der Waals surface area contributed by atoms with Gasteiger partial charge in [0.2, 0.25) is 0 Å². The Labute approximate surface area is 118 Å². The first-order valence-corrected chi connectivity index (χ1v) is 7.07. The van der Waals surface area contributed by atoms with Gasteiger partial charge in [-0.25, -0.2) is 8.78 Å². The zero-order valence-electron chi connectivity index (χ0n) is 10.2. The van der Waals surface area contributed by atoms with Gasteiger partial charge in [0.05, 0.1) is 19.8 Å². The predicted octanol–water partition coefficient (Wildman–Crippen LogP) is 2.82. The van der Waals surface area contributed by atoms with Crippen LogP contribution >= 0.6 is 15.9 Å². The average Bonchev–Trinajstić information content (AvgIpc) is 2.84. The molecule has 0 aromatic heterocycles. The van der Waals surface area contributed by atoms with Gasteiger partial charge in [-0.05, 0) is 23.3 Å². The first-order chi connectivity index (χ1) is 9.11. The Morgan fingerprint density at radius 1 is 1.37 bits per heavy atom. The number of carbonyl (C=O) groups is 1. The van der Waals surface area contributed by atoms with Crippen LogP contribution in [0.3, 0.4) is 0 Å². The number of hydrogen-bond acceptors (Lipinski definition) is 2. The lowest BCUT2D eigenvalue weighted by Crippen LogP contribution is -2.36. The molecule has 1 amide bonds. The highest BCUT2D eigenvalue weighted by Crippen LogP contribution is 2.21. The van der Waals surface area contributed by atoms with Crippen molar-refractivity contribution in [2.24, 2.45) is 0 Å². The minimum Gasteiger partial charge on any atom is -0.372 e. The number of halogens is 3. The molecular weight excluding hydrogens is 320 g/mol. The molecule has 0 unspecified atom stereocenters. The van der Waals surface area contributed by atoms with Crippen LogP contribution in [0.25, 0.3) is 0 Å². The van der Waals surface area contributed by atoms with Gasteiger partial charge in [0.15, 0.2) is 0 Å². The summed E-state index contributed by atoms with van der Waals surface area (Å²) in [6.07, 6.45) is -2.53. The van der Waals surface area contributed by atoms with Crippen LogP contribution in [-0.2, 0) is 18.0 Å². The van der Waals surface area contributed by atoms with E-state index in [1.54, 1.807) is 12.1 Å². The second-order valence-corrected chi connectivity index (χ2v) is 5.10. The molecule has 0 fully saturated rings. The normalized spacial score (nSPS) is 13.7. The van der Waals surface area contributed by atoms with Crippen molar-refractivity contribution >= 4 is 21.8 Å². The first kappa shape index (κ1) is 14.4. The van der Waals surface area contributed by atoms with Crippen LogP contribution in [0.4, 0.5) is 8.78 Å². The molecule has 19 heavy (non-hydrogen) atoms. The van der Waals surface area contributed by atoms with Crippen molar-refractivity contribution in [2.45, 2.75) is 19.6 Å². The van der Waals surface area contributed by atoms with E-state index in [1.807, 2.05) is 6.07 Å². The Morgan fingerprint density at radius 2 is 2.11 bits per heavy atom. The lowest BCUT2D eigenvalue weighted by molar-refractivity contribution is 0.0572. The minimum absolute atomic E-state index is 0.261.